The van der Waals surface area contributed by atoms with Gasteiger partial charge in [0.2, 0.25) is 0 Å². The quantitative estimate of drug-likeness (QED) is 0.122. The molecule has 6 aromatic heterocycles. The number of aromatic nitrogens is 4. The van der Waals surface area contributed by atoms with Gasteiger partial charge in [-0.25, -0.2) is 0 Å². The average molecular weight is 1800 g/mol. The van der Waals surface area contributed by atoms with Gasteiger partial charge in [-0.3, -0.25) is 0 Å². The van der Waals surface area contributed by atoms with E-state index in [0.717, 1.165) is 49.9 Å². The lowest BCUT2D eigenvalue weighted by atomic mass is 9.82. The molecule has 0 amide bonds. The fourth-order valence-electron chi connectivity index (χ4n) is 22.5. The molecule has 6 nitrogen and oxygen atoms in total. The molecule has 0 bridgehead atoms. The third-order valence-electron chi connectivity index (χ3n) is 29.4. The summed E-state index contributed by atoms with van der Waals surface area (Å²) in [4.78, 5) is 0. The SMILES string of the molecule is CC1(C)c2ccccc2-c2ccc(-n3c4ccccc4c4cc(-c5ccc6c(c5)c5ccccc5n6-c5cccc(-c6ccccc6)c5)ccc43)cc21.c1ccc(-c2ccc(-c3ccc(-n4c5ccccc5c5cc(-c6cccc7oc8ccccc8c67)ccc54)cc3)cc2)cc1.c1ccc(-c2cccc(-n3c4ccccc4c4ccc(-c5ccc(-c6ccc7oc8ccccc8c7c6)cc5)cc43)c2)cc1. The van der Waals surface area contributed by atoms with Gasteiger partial charge in [-0.05, 0) is 257 Å². The molecule has 0 radical (unpaired) electrons. The first kappa shape index (κ1) is 82.1. The van der Waals surface area contributed by atoms with Crippen LogP contribution < -0.4 is 0 Å². The summed E-state index contributed by atoms with van der Waals surface area (Å²) in [7, 11) is 0. The molecule has 1 aliphatic rings. The molecule has 28 aromatic rings. The minimum Gasteiger partial charge on any atom is -0.456 e. The average Bonchev–Trinajstić information content (AvgIpc) is 1.56. The number of hydrogen-bond acceptors (Lipinski definition) is 2. The second-order valence-corrected chi connectivity index (χ2v) is 37.7. The van der Waals surface area contributed by atoms with E-state index in [0.29, 0.717) is 0 Å². The summed E-state index contributed by atoms with van der Waals surface area (Å²) in [6.07, 6.45) is 0. The predicted molar refractivity (Wildman–Crippen MR) is 592 cm³/mol. The van der Waals surface area contributed by atoms with Crippen LogP contribution >= 0.6 is 0 Å². The molecule has 22 aromatic carbocycles. The maximum absolute atomic E-state index is 6.20. The normalized spacial score (nSPS) is 12.2. The molecule has 1 aliphatic carbocycles. The lowest BCUT2D eigenvalue weighted by molar-refractivity contribution is 0.660. The highest BCUT2D eigenvalue weighted by Gasteiger charge is 2.36. The van der Waals surface area contributed by atoms with E-state index in [2.05, 4.69) is 517 Å². The van der Waals surface area contributed by atoms with Crippen LogP contribution in [0.5, 0.6) is 0 Å². The lowest BCUT2D eigenvalue weighted by Gasteiger charge is -2.22. The van der Waals surface area contributed by atoms with Crippen LogP contribution in [0.2, 0.25) is 0 Å². The molecule has 6 heteroatoms. The summed E-state index contributed by atoms with van der Waals surface area (Å²) in [5.74, 6) is 0. The van der Waals surface area contributed by atoms with Crippen molar-refractivity contribution in [2.45, 2.75) is 19.3 Å². The molecular formula is C135H90N4O2. The Morgan fingerprint density at radius 2 is 0.447 bits per heavy atom. The number of rotatable bonds is 12. The predicted octanol–water partition coefficient (Wildman–Crippen LogP) is 36.9. The number of furan rings is 2. The molecule has 0 atom stereocenters. The number of benzene rings is 22. The third kappa shape index (κ3) is 14.0. The van der Waals surface area contributed by atoms with Crippen LogP contribution in [-0.4, -0.2) is 18.3 Å². The second-order valence-electron chi connectivity index (χ2n) is 37.7. The van der Waals surface area contributed by atoms with Gasteiger partial charge in [0.1, 0.15) is 22.3 Å². The fraction of sp³-hybridized carbons (Fsp3) is 0.0222. The summed E-state index contributed by atoms with van der Waals surface area (Å²) in [5, 5.41) is 14.7. The lowest BCUT2D eigenvalue weighted by Crippen LogP contribution is -2.15. The van der Waals surface area contributed by atoms with E-state index in [9.17, 15) is 0 Å². The highest BCUT2D eigenvalue weighted by Crippen LogP contribution is 2.51. The van der Waals surface area contributed by atoms with E-state index in [4.69, 9.17) is 8.83 Å². The molecule has 0 N–H and O–H groups in total. The van der Waals surface area contributed by atoms with E-state index in [1.807, 2.05) is 24.3 Å². The van der Waals surface area contributed by atoms with Gasteiger partial charge in [-0.15, -0.1) is 0 Å². The number of nitrogens with zero attached hydrogens (tertiary/aromatic N) is 4. The van der Waals surface area contributed by atoms with Crippen molar-refractivity contribution < 1.29 is 8.83 Å². The summed E-state index contributed by atoms with van der Waals surface area (Å²) in [6, 6.07) is 184. The largest absolute Gasteiger partial charge is 0.456 e. The van der Waals surface area contributed by atoms with E-state index in [-0.39, 0.29) is 5.41 Å². The van der Waals surface area contributed by atoms with Crippen molar-refractivity contribution in [3.05, 3.63) is 521 Å². The third-order valence-corrected chi connectivity index (χ3v) is 29.4. The van der Waals surface area contributed by atoms with Gasteiger partial charge in [-0.1, -0.05) is 378 Å². The zero-order valence-corrected chi connectivity index (χ0v) is 77.6. The molecule has 0 aliphatic heterocycles. The van der Waals surface area contributed by atoms with Gasteiger partial charge >= 0.3 is 0 Å². The first-order chi connectivity index (χ1) is 69.7. The van der Waals surface area contributed by atoms with Gasteiger partial charge in [0.25, 0.3) is 0 Å². The Bertz CT molecular complexity index is 9810. The van der Waals surface area contributed by atoms with Gasteiger partial charge in [0, 0.05) is 92.8 Å². The van der Waals surface area contributed by atoms with Crippen LogP contribution in [0.4, 0.5) is 0 Å². The molecule has 0 spiro atoms. The highest BCUT2D eigenvalue weighted by atomic mass is 16.3. The van der Waals surface area contributed by atoms with E-state index in [1.165, 1.54) is 215 Å². The summed E-state index contributed by atoms with van der Waals surface area (Å²) < 4.78 is 21.9. The van der Waals surface area contributed by atoms with Crippen LogP contribution in [0, 0.1) is 0 Å². The Balaban J connectivity index is 0.000000107. The van der Waals surface area contributed by atoms with Crippen molar-refractivity contribution in [1.29, 1.82) is 0 Å². The van der Waals surface area contributed by atoms with E-state index < -0.39 is 0 Å². The Labute approximate surface area is 815 Å². The Morgan fingerprint density at radius 1 is 0.149 bits per heavy atom. The monoisotopic (exact) mass is 1800 g/mol. The van der Waals surface area contributed by atoms with Crippen LogP contribution in [-0.2, 0) is 5.41 Å². The Morgan fingerprint density at radius 3 is 0.993 bits per heavy atom. The van der Waals surface area contributed by atoms with Crippen LogP contribution in [0.3, 0.4) is 0 Å². The zero-order valence-electron chi connectivity index (χ0n) is 77.6. The van der Waals surface area contributed by atoms with Gasteiger partial charge in [0.05, 0.1) is 44.1 Å². The topological polar surface area (TPSA) is 46.0 Å². The molecule has 6 heterocycles. The van der Waals surface area contributed by atoms with Crippen molar-refractivity contribution in [2.24, 2.45) is 0 Å². The minimum absolute atomic E-state index is 0.0552. The van der Waals surface area contributed by atoms with Crippen LogP contribution in [0.15, 0.2) is 518 Å². The molecule has 0 unspecified atom stereocenters. The van der Waals surface area contributed by atoms with Crippen molar-refractivity contribution in [3.8, 4) is 123 Å². The maximum atomic E-state index is 6.20. The smallest absolute Gasteiger partial charge is 0.136 e. The van der Waals surface area contributed by atoms with Gasteiger partial charge < -0.3 is 27.1 Å². The minimum atomic E-state index is -0.0552. The fourth-order valence-corrected chi connectivity index (χ4v) is 22.5. The molecule has 0 saturated heterocycles. The van der Waals surface area contributed by atoms with Crippen molar-refractivity contribution in [2.75, 3.05) is 0 Å². The Kier molecular flexibility index (Phi) is 19.6. The number of fused-ring (bicyclic) bond motifs is 21. The first-order valence-corrected chi connectivity index (χ1v) is 48.6. The standard InChI is InChI=1S/C51H36N2.2C42H27NO/c1-51(2)45-20-9-6-17-39(45)40-26-25-38(32-46(40)51)53-48-22-11-8-19-42(48)44-31-36(24-28-50(44)53)35-23-27-49-43(30-35)41-18-7-10-21-47(41)52(49)37-16-12-15-34(29-37)33-13-4-3-5-14-33;1-2-9-28(10-3-1)31-11-8-12-34(25-31)43-39-15-6-4-13-35(39)36-23-21-33(27-40(36)43)30-19-17-29(18-20-30)32-22-24-42-38(26-32)37-14-5-7-16-41(37)44-42;1-2-9-28(10-3-1)29-17-19-30(20-18-29)31-21-24-33(25-22-31)43-38-14-6-4-11-35(38)37-27-32(23-26-39(37)43)34-13-8-16-41-42(34)36-12-5-7-15-40(36)44-41/h3-32H,1-2H3;2*1-27H. The molecule has 0 saturated carbocycles. The van der Waals surface area contributed by atoms with Crippen LogP contribution in [0.25, 0.3) is 254 Å². The molecule has 0 fully saturated rings. The van der Waals surface area contributed by atoms with Crippen molar-refractivity contribution in [1.82, 2.24) is 18.3 Å². The molecule has 141 heavy (non-hydrogen) atoms. The van der Waals surface area contributed by atoms with Gasteiger partial charge in [-0.2, -0.15) is 0 Å². The first-order valence-electron chi connectivity index (χ1n) is 48.6. The second kappa shape index (κ2) is 33.6. The number of para-hydroxylation sites is 6. The van der Waals surface area contributed by atoms with Gasteiger partial charge in [0.15, 0.2) is 0 Å². The summed E-state index contributed by atoms with van der Waals surface area (Å²) >= 11 is 0. The summed E-state index contributed by atoms with van der Waals surface area (Å²) in [6.45, 7) is 4.71. The Hall–Kier alpha value is -18.4. The maximum Gasteiger partial charge on any atom is 0.136 e. The van der Waals surface area contributed by atoms with Crippen LogP contribution in [0.1, 0.15) is 25.0 Å². The number of hydrogen-bond donors (Lipinski definition) is 0. The molecular weight excluding hydrogens is 1710 g/mol. The van der Waals surface area contributed by atoms with E-state index >= 15 is 0 Å². The molecule has 29 rings (SSSR count). The molecule has 662 valence electrons. The van der Waals surface area contributed by atoms with Crippen molar-refractivity contribution in [3.63, 3.8) is 0 Å². The van der Waals surface area contributed by atoms with E-state index in [1.54, 1.807) is 0 Å². The summed E-state index contributed by atoms with van der Waals surface area (Å²) in [5.41, 5.74) is 42.8. The zero-order chi connectivity index (χ0) is 93.3. The van der Waals surface area contributed by atoms with Crippen molar-refractivity contribution >= 4 is 131 Å². The highest BCUT2D eigenvalue weighted by molar-refractivity contribution is 6.18.